The predicted molar refractivity (Wildman–Crippen MR) is 154 cm³/mol. The molecule has 0 bridgehead atoms. The van der Waals surface area contributed by atoms with E-state index in [4.69, 9.17) is 22.1 Å². The van der Waals surface area contributed by atoms with E-state index < -0.39 is 29.7 Å². The van der Waals surface area contributed by atoms with Crippen molar-refractivity contribution in [3.8, 4) is 16.9 Å². The number of nitrogens with two attached hydrogens (primary N) is 1. The molecule has 2 aliphatic heterocycles. The van der Waals surface area contributed by atoms with E-state index in [2.05, 4.69) is 30.5 Å². The van der Waals surface area contributed by atoms with Crippen molar-refractivity contribution in [1.82, 2.24) is 40.1 Å². The molecule has 0 aliphatic carbocycles. The first-order chi connectivity index (χ1) is 21.1. The molecule has 2 aliphatic rings. The van der Waals surface area contributed by atoms with Crippen molar-refractivity contribution in [3.05, 3.63) is 76.7 Å². The van der Waals surface area contributed by atoms with E-state index in [1.165, 1.54) is 41.6 Å². The number of halogens is 3. The van der Waals surface area contributed by atoms with Crippen LogP contribution in [-0.4, -0.2) is 64.0 Å². The van der Waals surface area contributed by atoms with Crippen molar-refractivity contribution >= 4 is 29.1 Å². The van der Waals surface area contributed by atoms with Gasteiger partial charge in [0.05, 0.1) is 28.6 Å². The molecule has 0 radical (unpaired) electrons. The summed E-state index contributed by atoms with van der Waals surface area (Å²) in [6.45, 7) is 3.20. The number of benzene rings is 1. The van der Waals surface area contributed by atoms with Crippen LogP contribution >= 0.6 is 11.6 Å². The molecule has 1 fully saturated rings. The Labute approximate surface area is 255 Å². The first kappa shape index (κ1) is 29.5. The minimum Gasteiger partial charge on any atom is -0.458 e. The number of carbonyl (C=O) groups is 2. The lowest BCUT2D eigenvalue weighted by Crippen LogP contribution is -2.39. The standard InChI is InChI=1S/C29H28ClF2N9O3/c1-14(2)27(33)29(43)44-12-20-25(31)17(7-8-34-20)19-11-35-28(37-19)22-5-3-16-9-15(10-23(42)41(16)22)24-21(40-13-36-38-39-40)6-4-18(30)26(24)32/h4,6-8,10-11,13-14,16,22,27H,3,5,9,12,33H2,1-2H3,(H,35,37)/t16-,22+,27+/m1/s1. The molecule has 1 saturated heterocycles. The second-order valence-electron chi connectivity index (χ2n) is 11.1. The van der Waals surface area contributed by atoms with Crippen LogP contribution in [0.15, 0.2) is 43.0 Å². The average molecular weight is 624 g/mol. The van der Waals surface area contributed by atoms with Crippen molar-refractivity contribution in [3.63, 3.8) is 0 Å². The number of carbonyl (C=O) groups excluding carboxylic acids is 2. The Hall–Kier alpha value is -4.56. The van der Waals surface area contributed by atoms with Gasteiger partial charge in [0.15, 0.2) is 11.6 Å². The summed E-state index contributed by atoms with van der Waals surface area (Å²) in [6.07, 6.45) is 7.26. The van der Waals surface area contributed by atoms with Crippen LogP contribution in [0.2, 0.25) is 5.02 Å². The zero-order valence-electron chi connectivity index (χ0n) is 23.7. The molecule has 0 saturated carbocycles. The van der Waals surface area contributed by atoms with Crippen LogP contribution in [0, 0.1) is 17.6 Å². The highest BCUT2D eigenvalue weighted by Gasteiger charge is 2.42. The quantitative estimate of drug-likeness (QED) is 0.277. The van der Waals surface area contributed by atoms with Gasteiger partial charge in [-0.15, -0.1) is 5.10 Å². The van der Waals surface area contributed by atoms with Gasteiger partial charge in [-0.3, -0.25) is 14.6 Å². The number of fused-ring (bicyclic) bond motifs is 1. The number of nitrogens with zero attached hydrogens (tertiary/aromatic N) is 7. The largest absolute Gasteiger partial charge is 0.458 e. The summed E-state index contributed by atoms with van der Waals surface area (Å²) in [5, 5.41) is 11.1. The number of aromatic nitrogens is 7. The van der Waals surface area contributed by atoms with Crippen molar-refractivity contribution in [2.75, 3.05) is 0 Å². The van der Waals surface area contributed by atoms with Gasteiger partial charge in [-0.2, -0.15) is 4.68 Å². The molecule has 5 heterocycles. The topological polar surface area (TPSA) is 158 Å². The molecule has 0 spiro atoms. The fourth-order valence-corrected chi connectivity index (χ4v) is 5.81. The number of amides is 1. The lowest BCUT2D eigenvalue weighted by molar-refractivity contribution is -0.147. The van der Waals surface area contributed by atoms with Crippen molar-refractivity contribution in [1.29, 1.82) is 0 Å². The minimum atomic E-state index is -0.826. The SMILES string of the molecule is CC(C)[C@H](N)C(=O)OCc1nccc(-c2cnc([C@@H]3CC[C@@H]4CC(c5c(-n6cnnn6)ccc(Cl)c5F)=CC(=O)N43)[nH]2)c1F. The normalized spacial score (nSPS) is 18.8. The van der Waals surface area contributed by atoms with E-state index >= 15 is 8.78 Å². The summed E-state index contributed by atoms with van der Waals surface area (Å²) >= 11 is 6.12. The molecule has 12 nitrogen and oxygen atoms in total. The Morgan fingerprint density at radius 3 is 2.77 bits per heavy atom. The number of rotatable bonds is 8. The Balaban J connectivity index is 1.23. The van der Waals surface area contributed by atoms with Gasteiger partial charge < -0.3 is 20.4 Å². The predicted octanol–water partition coefficient (Wildman–Crippen LogP) is 3.92. The van der Waals surface area contributed by atoms with Crippen LogP contribution in [0.3, 0.4) is 0 Å². The molecule has 44 heavy (non-hydrogen) atoms. The number of aromatic amines is 1. The van der Waals surface area contributed by atoms with Gasteiger partial charge in [0.2, 0.25) is 5.91 Å². The van der Waals surface area contributed by atoms with Crippen LogP contribution in [0.5, 0.6) is 0 Å². The van der Waals surface area contributed by atoms with Crippen LogP contribution in [0.1, 0.15) is 56.2 Å². The van der Waals surface area contributed by atoms with E-state index in [0.717, 1.165) is 0 Å². The number of imidazole rings is 1. The second kappa shape index (κ2) is 11.8. The van der Waals surface area contributed by atoms with Gasteiger partial charge in [0.1, 0.15) is 30.5 Å². The second-order valence-corrected chi connectivity index (χ2v) is 11.5. The molecule has 1 aromatic carbocycles. The van der Waals surface area contributed by atoms with Crippen molar-refractivity contribution < 1.29 is 23.1 Å². The molecular formula is C29H28ClF2N9O3. The highest BCUT2D eigenvalue weighted by atomic mass is 35.5. The molecule has 3 aromatic heterocycles. The van der Waals surface area contributed by atoms with Crippen LogP contribution in [0.4, 0.5) is 8.78 Å². The Morgan fingerprint density at radius 1 is 1.20 bits per heavy atom. The van der Waals surface area contributed by atoms with Gasteiger partial charge in [-0.05, 0) is 59.4 Å². The molecule has 3 atom stereocenters. The maximum absolute atomic E-state index is 15.4. The molecule has 1 amide bonds. The van der Waals surface area contributed by atoms with Crippen LogP contribution < -0.4 is 5.73 Å². The average Bonchev–Trinajstić information content (AvgIpc) is 3.78. The molecule has 228 valence electrons. The van der Waals surface area contributed by atoms with Crippen molar-refractivity contribution in [2.24, 2.45) is 11.7 Å². The summed E-state index contributed by atoms with van der Waals surface area (Å²) in [5.74, 6) is -1.91. The molecule has 4 aromatic rings. The summed E-state index contributed by atoms with van der Waals surface area (Å²) < 4.78 is 37.3. The fourth-order valence-electron chi connectivity index (χ4n) is 5.65. The zero-order chi connectivity index (χ0) is 31.1. The molecular weight excluding hydrogens is 596 g/mol. The lowest BCUT2D eigenvalue weighted by atomic mass is 9.92. The van der Waals surface area contributed by atoms with Gasteiger partial charge in [0.25, 0.3) is 0 Å². The van der Waals surface area contributed by atoms with E-state index in [1.54, 1.807) is 24.8 Å². The number of ether oxygens (including phenoxy) is 1. The highest BCUT2D eigenvalue weighted by Crippen LogP contribution is 2.44. The van der Waals surface area contributed by atoms with Crippen molar-refractivity contribution in [2.45, 2.75) is 57.8 Å². The molecule has 15 heteroatoms. The van der Waals surface area contributed by atoms with Gasteiger partial charge in [-0.25, -0.2) is 13.8 Å². The van der Waals surface area contributed by atoms with Gasteiger partial charge >= 0.3 is 5.97 Å². The number of pyridine rings is 1. The molecule has 3 N–H and O–H groups in total. The number of hydrogen-bond acceptors (Lipinski definition) is 9. The first-order valence-corrected chi connectivity index (χ1v) is 14.4. The Morgan fingerprint density at radius 2 is 2.02 bits per heavy atom. The maximum atomic E-state index is 15.4. The summed E-state index contributed by atoms with van der Waals surface area (Å²) in [5.41, 5.74) is 7.35. The van der Waals surface area contributed by atoms with E-state index in [9.17, 15) is 9.59 Å². The van der Waals surface area contributed by atoms with E-state index in [0.29, 0.717) is 42.0 Å². The third-order valence-electron chi connectivity index (χ3n) is 8.00. The van der Waals surface area contributed by atoms with Gasteiger partial charge in [-0.1, -0.05) is 25.4 Å². The number of H-pyrrole nitrogens is 1. The monoisotopic (exact) mass is 623 g/mol. The first-order valence-electron chi connectivity index (χ1n) is 14.0. The summed E-state index contributed by atoms with van der Waals surface area (Å²) in [4.78, 5) is 39.0. The number of esters is 1. The smallest absolute Gasteiger partial charge is 0.323 e. The fraction of sp³-hybridized carbons (Fsp3) is 0.345. The number of hydrogen-bond donors (Lipinski definition) is 2. The van der Waals surface area contributed by atoms with Crippen LogP contribution in [-0.2, 0) is 20.9 Å². The summed E-state index contributed by atoms with van der Waals surface area (Å²) in [7, 11) is 0. The zero-order valence-corrected chi connectivity index (χ0v) is 24.5. The highest BCUT2D eigenvalue weighted by molar-refractivity contribution is 6.31. The number of nitrogens with one attached hydrogen (secondary N) is 1. The maximum Gasteiger partial charge on any atom is 0.323 e. The third-order valence-corrected chi connectivity index (χ3v) is 8.30. The summed E-state index contributed by atoms with van der Waals surface area (Å²) in [6, 6.07) is 3.05. The van der Waals surface area contributed by atoms with Gasteiger partial charge in [0, 0.05) is 29.4 Å². The van der Waals surface area contributed by atoms with E-state index in [-0.39, 0.29) is 46.3 Å². The van der Waals surface area contributed by atoms with Crippen LogP contribution in [0.25, 0.3) is 22.5 Å². The van der Waals surface area contributed by atoms with E-state index in [1.807, 2.05) is 0 Å². The molecule has 0 unspecified atom stereocenters. The Kier molecular flexibility index (Phi) is 7.95. The number of tetrazole rings is 1. The Bertz CT molecular complexity index is 1760. The minimum absolute atomic E-state index is 0.0537. The molecule has 6 rings (SSSR count). The lowest BCUT2D eigenvalue weighted by Gasteiger charge is -2.33. The third kappa shape index (κ3) is 5.35.